The molecule has 0 saturated carbocycles. The molecule has 0 bridgehead atoms. The number of anilines is 2. The van der Waals surface area contributed by atoms with Crippen LogP contribution in [0.1, 0.15) is 11.4 Å². The van der Waals surface area contributed by atoms with Crippen LogP contribution >= 0.6 is 0 Å². The van der Waals surface area contributed by atoms with E-state index in [2.05, 4.69) is 15.3 Å². The van der Waals surface area contributed by atoms with Crippen molar-refractivity contribution in [3.05, 3.63) is 52.1 Å². The van der Waals surface area contributed by atoms with Crippen molar-refractivity contribution in [2.24, 2.45) is 0 Å². The number of benzene rings is 1. The molecule has 0 atom stereocenters. The Morgan fingerprint density at radius 3 is 2.74 bits per heavy atom. The van der Waals surface area contributed by atoms with Crippen LogP contribution in [0, 0.1) is 17.0 Å². The van der Waals surface area contributed by atoms with Gasteiger partial charge < -0.3 is 11.1 Å². The van der Waals surface area contributed by atoms with Crippen molar-refractivity contribution >= 4 is 17.1 Å². The molecule has 1 heterocycles. The first-order chi connectivity index (χ1) is 9.06. The van der Waals surface area contributed by atoms with Gasteiger partial charge in [0.25, 0.3) is 5.69 Å². The molecule has 3 N–H and O–H groups in total. The number of nitrogens with zero attached hydrogens (tertiary/aromatic N) is 3. The van der Waals surface area contributed by atoms with Crippen molar-refractivity contribution < 1.29 is 4.92 Å². The second kappa shape index (κ2) is 5.30. The fourth-order valence-electron chi connectivity index (χ4n) is 1.53. The topological polar surface area (TPSA) is 107 Å². The van der Waals surface area contributed by atoms with Crippen LogP contribution in [-0.2, 0) is 6.54 Å². The highest BCUT2D eigenvalue weighted by molar-refractivity contribution is 5.65. The molecule has 1 aromatic heterocycles. The zero-order valence-corrected chi connectivity index (χ0v) is 10.3. The van der Waals surface area contributed by atoms with E-state index in [-0.39, 0.29) is 11.4 Å². The Labute approximate surface area is 109 Å². The van der Waals surface area contributed by atoms with E-state index < -0.39 is 4.92 Å². The average Bonchev–Trinajstić information content (AvgIpc) is 2.37. The smallest absolute Gasteiger partial charge is 0.292 e. The molecule has 0 aliphatic rings. The van der Waals surface area contributed by atoms with Crippen LogP contribution in [0.2, 0.25) is 0 Å². The number of hydrogen-bond donors (Lipinski definition) is 2. The third kappa shape index (κ3) is 3.15. The number of nitro groups is 1. The third-order valence-corrected chi connectivity index (χ3v) is 2.53. The average molecular weight is 259 g/mol. The first-order valence-electron chi connectivity index (χ1n) is 5.61. The molecule has 0 fully saturated rings. The van der Waals surface area contributed by atoms with Crippen molar-refractivity contribution in [1.29, 1.82) is 0 Å². The fourth-order valence-corrected chi connectivity index (χ4v) is 1.53. The van der Waals surface area contributed by atoms with Gasteiger partial charge in [0.1, 0.15) is 5.69 Å². The lowest BCUT2D eigenvalue weighted by Gasteiger charge is -2.06. The molecule has 0 amide bonds. The largest absolute Gasteiger partial charge is 0.393 e. The number of aromatic nitrogens is 2. The highest BCUT2D eigenvalue weighted by Crippen LogP contribution is 2.24. The van der Waals surface area contributed by atoms with Crippen molar-refractivity contribution in [3.8, 4) is 0 Å². The minimum atomic E-state index is -0.509. The predicted molar refractivity (Wildman–Crippen MR) is 71.6 cm³/mol. The van der Waals surface area contributed by atoms with Gasteiger partial charge in [0, 0.05) is 18.0 Å². The molecule has 0 aliphatic carbocycles. The summed E-state index contributed by atoms with van der Waals surface area (Å²) in [6, 6.07) is 4.51. The van der Waals surface area contributed by atoms with E-state index in [1.807, 2.05) is 6.92 Å². The zero-order chi connectivity index (χ0) is 13.8. The van der Waals surface area contributed by atoms with Crippen molar-refractivity contribution in [2.75, 3.05) is 11.1 Å². The summed E-state index contributed by atoms with van der Waals surface area (Å²) in [4.78, 5) is 18.4. The molecule has 0 unspecified atom stereocenters. The second-order valence-electron chi connectivity index (χ2n) is 4.03. The highest BCUT2D eigenvalue weighted by atomic mass is 16.6. The van der Waals surface area contributed by atoms with E-state index in [4.69, 9.17) is 5.73 Å². The molecule has 0 radical (unpaired) electrons. The van der Waals surface area contributed by atoms with Crippen LogP contribution < -0.4 is 11.1 Å². The van der Waals surface area contributed by atoms with Gasteiger partial charge in [-0.15, -0.1) is 0 Å². The molecule has 0 saturated heterocycles. The van der Waals surface area contributed by atoms with Crippen LogP contribution in [0.3, 0.4) is 0 Å². The standard InChI is InChI=1S/C12H13N5O2/c1-8-5-15-10(6-14-8)7-16-9-2-3-12(17(18)19)11(13)4-9/h2-6,16H,7,13H2,1H3. The second-order valence-corrected chi connectivity index (χ2v) is 4.03. The van der Waals surface area contributed by atoms with Gasteiger partial charge >= 0.3 is 0 Å². The van der Waals surface area contributed by atoms with Gasteiger partial charge in [-0.1, -0.05) is 0 Å². The molecular formula is C12H13N5O2. The normalized spacial score (nSPS) is 10.2. The Bertz CT molecular complexity index is 598. The number of nitro benzene ring substituents is 1. The number of aryl methyl sites for hydroxylation is 1. The van der Waals surface area contributed by atoms with Crippen LogP contribution in [0.15, 0.2) is 30.6 Å². The van der Waals surface area contributed by atoms with Crippen molar-refractivity contribution in [2.45, 2.75) is 13.5 Å². The van der Waals surface area contributed by atoms with E-state index in [1.165, 1.54) is 12.1 Å². The van der Waals surface area contributed by atoms with Crippen LogP contribution in [0.25, 0.3) is 0 Å². The van der Waals surface area contributed by atoms with Gasteiger partial charge in [-0.05, 0) is 19.1 Å². The van der Waals surface area contributed by atoms with E-state index in [9.17, 15) is 10.1 Å². The summed E-state index contributed by atoms with van der Waals surface area (Å²) in [5.41, 5.74) is 7.96. The predicted octanol–water partition coefficient (Wildman–Crippen LogP) is 1.89. The van der Waals surface area contributed by atoms with Gasteiger partial charge in [0.15, 0.2) is 0 Å². The summed E-state index contributed by atoms with van der Waals surface area (Å²) in [5.74, 6) is 0. The molecule has 0 aliphatic heterocycles. The third-order valence-electron chi connectivity index (χ3n) is 2.53. The Morgan fingerprint density at radius 2 is 2.16 bits per heavy atom. The van der Waals surface area contributed by atoms with E-state index in [1.54, 1.807) is 18.5 Å². The van der Waals surface area contributed by atoms with Gasteiger partial charge in [-0.2, -0.15) is 0 Å². The Kier molecular flexibility index (Phi) is 3.56. The first-order valence-corrected chi connectivity index (χ1v) is 5.61. The van der Waals surface area contributed by atoms with E-state index >= 15 is 0 Å². The number of nitrogen functional groups attached to an aromatic ring is 1. The van der Waals surface area contributed by atoms with Gasteiger partial charge in [-0.3, -0.25) is 20.1 Å². The molecule has 1 aromatic carbocycles. The lowest BCUT2D eigenvalue weighted by atomic mass is 10.2. The minimum Gasteiger partial charge on any atom is -0.393 e. The summed E-state index contributed by atoms with van der Waals surface area (Å²) < 4.78 is 0. The lowest BCUT2D eigenvalue weighted by molar-refractivity contribution is -0.383. The Balaban J connectivity index is 2.06. The number of rotatable bonds is 4. The Morgan fingerprint density at radius 1 is 1.37 bits per heavy atom. The fraction of sp³-hybridized carbons (Fsp3) is 0.167. The quantitative estimate of drug-likeness (QED) is 0.493. The molecule has 2 rings (SSSR count). The van der Waals surface area contributed by atoms with Crippen molar-refractivity contribution in [3.63, 3.8) is 0 Å². The highest BCUT2D eigenvalue weighted by Gasteiger charge is 2.10. The molecule has 2 aromatic rings. The maximum atomic E-state index is 10.6. The van der Waals surface area contributed by atoms with Gasteiger partial charge in [-0.25, -0.2) is 0 Å². The van der Waals surface area contributed by atoms with Crippen LogP contribution in [0.4, 0.5) is 17.1 Å². The molecular weight excluding hydrogens is 246 g/mol. The molecule has 19 heavy (non-hydrogen) atoms. The minimum absolute atomic E-state index is 0.0966. The number of hydrogen-bond acceptors (Lipinski definition) is 6. The molecule has 0 spiro atoms. The maximum Gasteiger partial charge on any atom is 0.292 e. The zero-order valence-electron chi connectivity index (χ0n) is 10.3. The van der Waals surface area contributed by atoms with E-state index in [0.29, 0.717) is 12.2 Å². The first kappa shape index (κ1) is 12.7. The molecule has 7 nitrogen and oxygen atoms in total. The van der Waals surface area contributed by atoms with E-state index in [0.717, 1.165) is 11.4 Å². The molecule has 7 heteroatoms. The summed E-state index contributed by atoms with van der Waals surface area (Å²) in [6.07, 6.45) is 3.36. The summed E-state index contributed by atoms with van der Waals surface area (Å²) in [6.45, 7) is 2.34. The Hall–Kier alpha value is -2.70. The maximum absolute atomic E-state index is 10.6. The van der Waals surface area contributed by atoms with Crippen LogP contribution in [-0.4, -0.2) is 14.9 Å². The number of nitrogens with one attached hydrogen (secondary N) is 1. The summed E-state index contributed by atoms with van der Waals surface area (Å²) >= 11 is 0. The van der Waals surface area contributed by atoms with Crippen LogP contribution in [0.5, 0.6) is 0 Å². The lowest BCUT2D eigenvalue weighted by Crippen LogP contribution is -2.03. The van der Waals surface area contributed by atoms with Gasteiger partial charge in [0.05, 0.1) is 29.1 Å². The summed E-state index contributed by atoms with van der Waals surface area (Å²) in [5, 5.41) is 13.7. The van der Waals surface area contributed by atoms with Gasteiger partial charge in [0.2, 0.25) is 0 Å². The summed E-state index contributed by atoms with van der Waals surface area (Å²) in [7, 11) is 0. The monoisotopic (exact) mass is 259 g/mol. The molecule has 98 valence electrons. The number of nitrogens with two attached hydrogens (primary N) is 1. The van der Waals surface area contributed by atoms with Crippen molar-refractivity contribution in [1.82, 2.24) is 9.97 Å². The SMILES string of the molecule is Cc1cnc(CNc2ccc([N+](=O)[O-])c(N)c2)cn1.